The zero-order chi connectivity index (χ0) is 14.4. The van der Waals surface area contributed by atoms with Crippen molar-refractivity contribution in [1.29, 1.82) is 0 Å². The van der Waals surface area contributed by atoms with Gasteiger partial charge in [0.05, 0.1) is 0 Å². The Morgan fingerprint density at radius 1 is 1.25 bits per heavy atom. The third-order valence-corrected chi connectivity index (χ3v) is 4.48. The van der Waals surface area contributed by atoms with E-state index >= 15 is 0 Å². The van der Waals surface area contributed by atoms with Gasteiger partial charge >= 0.3 is 0 Å². The number of benzene rings is 1. The Labute approximate surface area is 124 Å². The molecule has 0 aliphatic carbocycles. The smallest absolute Gasteiger partial charge is 0.0244 e. The molecule has 2 heteroatoms. The van der Waals surface area contributed by atoms with E-state index in [-0.39, 0.29) is 0 Å². The molecule has 0 amide bonds. The summed E-state index contributed by atoms with van der Waals surface area (Å²) in [6, 6.07) is 12.3. The lowest BCUT2D eigenvalue weighted by Crippen LogP contribution is -2.58. The lowest BCUT2D eigenvalue weighted by atomic mass is 9.96. The van der Waals surface area contributed by atoms with Crippen LogP contribution in [0.4, 0.5) is 0 Å². The first kappa shape index (κ1) is 15.5. The topological polar surface area (TPSA) is 15.3 Å². The van der Waals surface area contributed by atoms with E-state index in [0.29, 0.717) is 12.1 Å². The first-order valence-corrected chi connectivity index (χ1v) is 8.22. The van der Waals surface area contributed by atoms with Crippen LogP contribution in [0.5, 0.6) is 0 Å². The minimum Gasteiger partial charge on any atom is -0.311 e. The number of nitrogens with one attached hydrogen (secondary N) is 1. The Kier molecular flexibility index (Phi) is 6.06. The fraction of sp³-hybridized carbons (Fsp3) is 0.667. The summed E-state index contributed by atoms with van der Waals surface area (Å²) in [6.45, 7) is 10.5. The molecule has 1 aliphatic rings. The maximum atomic E-state index is 3.74. The number of piperazine rings is 1. The highest BCUT2D eigenvalue weighted by Gasteiger charge is 2.28. The number of nitrogens with zero attached hydrogens (tertiary/aromatic N) is 1. The van der Waals surface area contributed by atoms with Crippen molar-refractivity contribution in [2.24, 2.45) is 5.92 Å². The third kappa shape index (κ3) is 4.32. The lowest BCUT2D eigenvalue weighted by molar-refractivity contribution is 0.0969. The van der Waals surface area contributed by atoms with Crippen LogP contribution in [0.1, 0.15) is 39.2 Å². The van der Waals surface area contributed by atoms with Crippen molar-refractivity contribution < 1.29 is 0 Å². The second-order valence-corrected chi connectivity index (χ2v) is 6.44. The zero-order valence-electron chi connectivity index (χ0n) is 13.3. The summed E-state index contributed by atoms with van der Waals surface area (Å²) < 4.78 is 0. The molecule has 2 nitrogen and oxygen atoms in total. The fourth-order valence-electron chi connectivity index (χ4n) is 3.27. The molecule has 20 heavy (non-hydrogen) atoms. The van der Waals surface area contributed by atoms with Crippen LogP contribution < -0.4 is 5.32 Å². The molecule has 2 rings (SSSR count). The van der Waals surface area contributed by atoms with E-state index in [1.165, 1.54) is 37.9 Å². The number of rotatable bonds is 6. The highest BCUT2D eigenvalue weighted by atomic mass is 15.2. The zero-order valence-corrected chi connectivity index (χ0v) is 13.3. The molecule has 2 unspecified atom stereocenters. The molecule has 0 radical (unpaired) electrons. The van der Waals surface area contributed by atoms with Crippen LogP contribution in [-0.4, -0.2) is 36.6 Å². The van der Waals surface area contributed by atoms with Gasteiger partial charge in [-0.2, -0.15) is 0 Å². The summed E-state index contributed by atoms with van der Waals surface area (Å²) >= 11 is 0. The van der Waals surface area contributed by atoms with E-state index in [1.54, 1.807) is 0 Å². The average molecular weight is 274 g/mol. The van der Waals surface area contributed by atoms with Gasteiger partial charge in [0, 0.05) is 31.7 Å². The normalized spacial score (nSPS) is 24.2. The van der Waals surface area contributed by atoms with Gasteiger partial charge in [0.15, 0.2) is 0 Å². The Morgan fingerprint density at radius 3 is 2.65 bits per heavy atom. The molecule has 0 spiro atoms. The van der Waals surface area contributed by atoms with Crippen LogP contribution in [-0.2, 0) is 6.42 Å². The van der Waals surface area contributed by atoms with Crippen molar-refractivity contribution in [3.8, 4) is 0 Å². The molecule has 1 aromatic carbocycles. The SMILES string of the molecule is CCCC1CN(CCc2ccccc2)C(C(C)C)CN1. The van der Waals surface area contributed by atoms with Crippen LogP contribution in [0.25, 0.3) is 0 Å². The molecule has 0 saturated carbocycles. The van der Waals surface area contributed by atoms with Crippen molar-refractivity contribution in [3.63, 3.8) is 0 Å². The van der Waals surface area contributed by atoms with Gasteiger partial charge in [-0.25, -0.2) is 0 Å². The molecule has 1 aliphatic heterocycles. The Morgan fingerprint density at radius 2 is 2.00 bits per heavy atom. The molecule has 112 valence electrons. The maximum absolute atomic E-state index is 3.74. The summed E-state index contributed by atoms with van der Waals surface area (Å²) in [5.41, 5.74) is 1.46. The Balaban J connectivity index is 1.93. The fourth-order valence-corrected chi connectivity index (χ4v) is 3.27. The first-order chi connectivity index (χ1) is 9.70. The molecular formula is C18H30N2. The van der Waals surface area contributed by atoms with Gasteiger partial charge < -0.3 is 5.32 Å². The highest BCUT2D eigenvalue weighted by molar-refractivity contribution is 5.15. The maximum Gasteiger partial charge on any atom is 0.0244 e. The van der Waals surface area contributed by atoms with Crippen LogP contribution in [0.3, 0.4) is 0 Å². The van der Waals surface area contributed by atoms with Gasteiger partial charge in [-0.05, 0) is 24.3 Å². The predicted molar refractivity (Wildman–Crippen MR) is 87.0 cm³/mol. The Bertz CT molecular complexity index is 374. The monoisotopic (exact) mass is 274 g/mol. The molecule has 1 N–H and O–H groups in total. The quantitative estimate of drug-likeness (QED) is 0.856. The predicted octanol–water partition coefficient (Wildman–Crippen LogP) is 3.33. The summed E-state index contributed by atoms with van der Waals surface area (Å²) in [5.74, 6) is 0.723. The van der Waals surface area contributed by atoms with E-state index in [2.05, 4.69) is 61.3 Å². The summed E-state index contributed by atoms with van der Waals surface area (Å²) in [4.78, 5) is 2.72. The van der Waals surface area contributed by atoms with E-state index in [0.717, 1.165) is 12.5 Å². The van der Waals surface area contributed by atoms with Crippen LogP contribution >= 0.6 is 0 Å². The molecule has 1 aromatic rings. The molecule has 2 atom stereocenters. The highest BCUT2D eigenvalue weighted by Crippen LogP contribution is 2.17. The second kappa shape index (κ2) is 7.80. The number of hydrogen-bond donors (Lipinski definition) is 1. The first-order valence-electron chi connectivity index (χ1n) is 8.22. The van der Waals surface area contributed by atoms with Crippen molar-refractivity contribution in [2.45, 2.75) is 52.1 Å². The molecule has 1 fully saturated rings. The largest absolute Gasteiger partial charge is 0.311 e. The molecule has 0 bridgehead atoms. The van der Waals surface area contributed by atoms with Crippen LogP contribution in [0, 0.1) is 5.92 Å². The summed E-state index contributed by atoms with van der Waals surface area (Å²) in [5, 5.41) is 3.74. The van der Waals surface area contributed by atoms with Crippen molar-refractivity contribution in [3.05, 3.63) is 35.9 Å². The molecule has 1 saturated heterocycles. The molecule has 0 aromatic heterocycles. The van der Waals surface area contributed by atoms with E-state index in [9.17, 15) is 0 Å². The van der Waals surface area contributed by atoms with Gasteiger partial charge in [0.1, 0.15) is 0 Å². The Hall–Kier alpha value is -0.860. The standard InChI is InChI=1S/C18H30N2/c1-4-8-17-14-20(18(13-19-17)15(2)3)12-11-16-9-6-5-7-10-16/h5-7,9-10,15,17-19H,4,8,11-14H2,1-3H3. The summed E-state index contributed by atoms with van der Waals surface area (Å²) in [7, 11) is 0. The average Bonchev–Trinajstić information content (AvgIpc) is 2.46. The molecule has 1 heterocycles. The van der Waals surface area contributed by atoms with Gasteiger partial charge in [0.2, 0.25) is 0 Å². The van der Waals surface area contributed by atoms with Gasteiger partial charge in [-0.1, -0.05) is 57.5 Å². The van der Waals surface area contributed by atoms with Gasteiger partial charge in [0.25, 0.3) is 0 Å². The van der Waals surface area contributed by atoms with Crippen LogP contribution in [0.2, 0.25) is 0 Å². The number of hydrogen-bond acceptors (Lipinski definition) is 2. The van der Waals surface area contributed by atoms with E-state index < -0.39 is 0 Å². The molecular weight excluding hydrogens is 244 g/mol. The minimum absolute atomic E-state index is 0.686. The lowest BCUT2D eigenvalue weighted by Gasteiger charge is -2.42. The van der Waals surface area contributed by atoms with Gasteiger partial charge in [-0.3, -0.25) is 4.90 Å². The van der Waals surface area contributed by atoms with Crippen LogP contribution in [0.15, 0.2) is 30.3 Å². The van der Waals surface area contributed by atoms with Crippen molar-refractivity contribution >= 4 is 0 Å². The summed E-state index contributed by atoms with van der Waals surface area (Å²) in [6.07, 6.45) is 3.74. The van der Waals surface area contributed by atoms with Crippen molar-refractivity contribution in [1.82, 2.24) is 10.2 Å². The van der Waals surface area contributed by atoms with E-state index in [1.807, 2.05) is 0 Å². The minimum atomic E-state index is 0.686. The van der Waals surface area contributed by atoms with Crippen molar-refractivity contribution in [2.75, 3.05) is 19.6 Å². The second-order valence-electron chi connectivity index (χ2n) is 6.44. The third-order valence-electron chi connectivity index (χ3n) is 4.48. The van der Waals surface area contributed by atoms with Gasteiger partial charge in [-0.15, -0.1) is 0 Å². The van der Waals surface area contributed by atoms with E-state index in [4.69, 9.17) is 0 Å².